The van der Waals surface area contributed by atoms with Crippen LogP contribution in [0.5, 0.6) is 0 Å². The number of nitrogens with one attached hydrogen (secondary N) is 1. The highest BCUT2D eigenvalue weighted by atomic mass is 35.5. The summed E-state index contributed by atoms with van der Waals surface area (Å²) in [6.07, 6.45) is 0.189. The van der Waals surface area contributed by atoms with Gasteiger partial charge in [0.05, 0.1) is 16.7 Å². The van der Waals surface area contributed by atoms with Crippen LogP contribution in [0, 0.1) is 17.3 Å². The highest BCUT2D eigenvalue weighted by molar-refractivity contribution is 6.33. The van der Waals surface area contributed by atoms with Crippen molar-refractivity contribution in [1.29, 1.82) is 0 Å². The molecule has 1 aromatic rings. The molecule has 2 rings (SSSR count). The number of rotatable bonds is 4. The Balaban J connectivity index is 2.10. The van der Waals surface area contributed by atoms with Crippen LogP contribution in [-0.4, -0.2) is 47.1 Å². The second-order valence-electron chi connectivity index (χ2n) is 8.79. The summed E-state index contributed by atoms with van der Waals surface area (Å²) in [5.41, 5.74) is 0.341. The second-order valence-corrected chi connectivity index (χ2v) is 9.19. The molecule has 2 amide bonds. The van der Waals surface area contributed by atoms with Crippen molar-refractivity contribution in [1.82, 2.24) is 10.2 Å². The summed E-state index contributed by atoms with van der Waals surface area (Å²) in [6, 6.07) is 6.12. The van der Waals surface area contributed by atoms with E-state index in [1.165, 1.54) is 0 Å². The van der Waals surface area contributed by atoms with Gasteiger partial charge in [-0.05, 0) is 35.8 Å². The number of amides is 2. The topological polar surface area (TPSA) is 69.6 Å². The van der Waals surface area contributed by atoms with Crippen molar-refractivity contribution < 1.29 is 14.7 Å². The van der Waals surface area contributed by atoms with Gasteiger partial charge >= 0.3 is 0 Å². The van der Waals surface area contributed by atoms with Gasteiger partial charge < -0.3 is 15.3 Å². The van der Waals surface area contributed by atoms with E-state index in [9.17, 15) is 14.7 Å². The lowest BCUT2D eigenvalue weighted by atomic mass is 9.73. The molecule has 5 nitrogen and oxygen atoms in total. The first kappa shape index (κ1) is 21.7. The van der Waals surface area contributed by atoms with Gasteiger partial charge in [0.1, 0.15) is 6.04 Å². The first-order valence-corrected chi connectivity index (χ1v) is 9.92. The Morgan fingerprint density at radius 1 is 1.26 bits per heavy atom. The lowest BCUT2D eigenvalue weighted by molar-refractivity contribution is -0.140. The van der Waals surface area contributed by atoms with E-state index < -0.39 is 12.1 Å². The van der Waals surface area contributed by atoms with Gasteiger partial charge in [-0.3, -0.25) is 9.59 Å². The molecule has 1 heterocycles. The summed E-state index contributed by atoms with van der Waals surface area (Å²) in [6.45, 7) is 11.0. The molecule has 1 aromatic carbocycles. The van der Waals surface area contributed by atoms with Crippen LogP contribution >= 0.6 is 11.6 Å². The van der Waals surface area contributed by atoms with Crippen LogP contribution in [0.15, 0.2) is 24.3 Å². The van der Waals surface area contributed by atoms with Gasteiger partial charge in [-0.1, -0.05) is 58.4 Å². The third-order valence-corrected chi connectivity index (χ3v) is 5.67. The Bertz CT molecular complexity index is 684. The summed E-state index contributed by atoms with van der Waals surface area (Å²) in [7, 11) is 0. The molecule has 0 aromatic heterocycles. The van der Waals surface area contributed by atoms with Crippen LogP contribution in [0.2, 0.25) is 5.02 Å². The van der Waals surface area contributed by atoms with E-state index in [1.807, 2.05) is 13.8 Å². The summed E-state index contributed by atoms with van der Waals surface area (Å²) >= 11 is 6.10. The molecule has 0 aliphatic carbocycles. The Hall–Kier alpha value is -1.59. The number of halogens is 1. The molecule has 27 heavy (non-hydrogen) atoms. The maximum Gasteiger partial charge on any atom is 0.253 e. The minimum Gasteiger partial charge on any atom is -0.391 e. The summed E-state index contributed by atoms with van der Waals surface area (Å²) in [5.74, 6) is -0.451. The first-order valence-electron chi connectivity index (χ1n) is 9.54. The van der Waals surface area contributed by atoms with E-state index in [-0.39, 0.29) is 29.1 Å². The number of carbonyl (C=O) groups excluding carboxylic acids is 2. The minimum absolute atomic E-state index is 0.00964. The average molecular weight is 395 g/mol. The standard InChI is InChI=1S/C21H31ClN2O3/c1-13(2)18(23-19(26)14-8-6-7-9-16(14)22)20(27)24-11-10-15(17(25)12-24)21(3,4)5/h6-9,13,15,17-18,25H,10-12H2,1-5H3,(H,23,26). The smallest absolute Gasteiger partial charge is 0.253 e. The zero-order valence-electron chi connectivity index (χ0n) is 16.8. The molecule has 1 aliphatic rings. The van der Waals surface area contributed by atoms with Crippen LogP contribution < -0.4 is 5.32 Å². The summed E-state index contributed by atoms with van der Waals surface area (Å²) < 4.78 is 0. The molecule has 3 atom stereocenters. The molecule has 0 bridgehead atoms. The van der Waals surface area contributed by atoms with Gasteiger partial charge in [-0.2, -0.15) is 0 Å². The maximum absolute atomic E-state index is 13.1. The quantitative estimate of drug-likeness (QED) is 0.822. The highest BCUT2D eigenvalue weighted by Gasteiger charge is 2.39. The van der Waals surface area contributed by atoms with Crippen molar-refractivity contribution >= 4 is 23.4 Å². The second kappa shape index (κ2) is 8.61. The van der Waals surface area contributed by atoms with Crippen molar-refractivity contribution in [2.75, 3.05) is 13.1 Å². The van der Waals surface area contributed by atoms with E-state index >= 15 is 0 Å². The lowest BCUT2D eigenvalue weighted by Crippen LogP contribution is -2.56. The van der Waals surface area contributed by atoms with Crippen molar-refractivity contribution in [3.8, 4) is 0 Å². The third-order valence-electron chi connectivity index (χ3n) is 5.34. The number of aliphatic hydroxyl groups excluding tert-OH is 1. The number of hydrogen-bond acceptors (Lipinski definition) is 3. The third kappa shape index (κ3) is 5.23. The molecule has 1 fully saturated rings. The summed E-state index contributed by atoms with van der Waals surface area (Å²) in [5, 5.41) is 13.7. The van der Waals surface area contributed by atoms with Crippen LogP contribution in [-0.2, 0) is 4.79 Å². The van der Waals surface area contributed by atoms with Gasteiger partial charge in [0.15, 0.2) is 0 Å². The van der Waals surface area contributed by atoms with E-state index in [0.29, 0.717) is 23.7 Å². The molecular weight excluding hydrogens is 364 g/mol. The Labute approximate surface area is 167 Å². The Morgan fingerprint density at radius 2 is 1.89 bits per heavy atom. The van der Waals surface area contributed by atoms with E-state index in [2.05, 4.69) is 26.1 Å². The molecular formula is C21H31ClN2O3. The minimum atomic E-state index is -0.660. The number of aliphatic hydroxyl groups is 1. The fourth-order valence-electron chi connectivity index (χ4n) is 3.72. The molecule has 3 unspecified atom stereocenters. The maximum atomic E-state index is 13.1. The van der Waals surface area contributed by atoms with Gasteiger partial charge in [-0.25, -0.2) is 0 Å². The van der Waals surface area contributed by atoms with Crippen molar-refractivity contribution in [3.63, 3.8) is 0 Å². The molecule has 0 radical (unpaired) electrons. The van der Waals surface area contributed by atoms with Gasteiger partial charge in [0.2, 0.25) is 5.91 Å². The lowest BCUT2D eigenvalue weighted by Gasteiger charge is -2.43. The zero-order valence-corrected chi connectivity index (χ0v) is 17.6. The molecule has 0 spiro atoms. The molecule has 2 N–H and O–H groups in total. The van der Waals surface area contributed by atoms with E-state index in [1.54, 1.807) is 29.2 Å². The number of hydrogen-bond donors (Lipinski definition) is 2. The number of nitrogens with zero attached hydrogens (tertiary/aromatic N) is 1. The number of benzene rings is 1. The van der Waals surface area contributed by atoms with Crippen LogP contribution in [0.1, 0.15) is 51.4 Å². The number of carbonyl (C=O) groups is 2. The van der Waals surface area contributed by atoms with E-state index in [4.69, 9.17) is 11.6 Å². The predicted molar refractivity (Wildman–Crippen MR) is 108 cm³/mol. The normalized spacial score (nSPS) is 21.9. The van der Waals surface area contributed by atoms with Gasteiger partial charge in [-0.15, -0.1) is 0 Å². The molecule has 150 valence electrons. The van der Waals surface area contributed by atoms with Crippen molar-refractivity contribution in [2.24, 2.45) is 17.3 Å². The zero-order chi connectivity index (χ0) is 20.4. The fourth-order valence-corrected chi connectivity index (χ4v) is 3.94. The number of likely N-dealkylation sites (tertiary alicyclic amines) is 1. The van der Waals surface area contributed by atoms with Crippen LogP contribution in [0.4, 0.5) is 0 Å². The van der Waals surface area contributed by atoms with E-state index in [0.717, 1.165) is 6.42 Å². The van der Waals surface area contributed by atoms with Gasteiger partial charge in [0, 0.05) is 13.1 Å². The molecule has 0 saturated carbocycles. The molecule has 1 saturated heterocycles. The summed E-state index contributed by atoms with van der Waals surface area (Å²) in [4.78, 5) is 27.3. The van der Waals surface area contributed by atoms with Crippen molar-refractivity contribution in [3.05, 3.63) is 34.9 Å². The fraction of sp³-hybridized carbons (Fsp3) is 0.619. The van der Waals surface area contributed by atoms with Gasteiger partial charge in [0.25, 0.3) is 5.91 Å². The SMILES string of the molecule is CC(C)C(NC(=O)c1ccccc1Cl)C(=O)N1CCC(C(C)(C)C)C(O)C1. The Morgan fingerprint density at radius 3 is 2.41 bits per heavy atom. The number of piperidine rings is 1. The molecule has 6 heteroatoms. The number of β-amino-alcohol motifs (C(OH)–C–C–N with tert-alkyl or cyclic N) is 1. The van der Waals surface area contributed by atoms with Crippen molar-refractivity contribution in [2.45, 2.75) is 53.2 Å². The van der Waals surface area contributed by atoms with Crippen LogP contribution in [0.3, 0.4) is 0 Å². The predicted octanol–water partition coefficient (Wildman–Crippen LogP) is 3.35. The Kier molecular flexibility index (Phi) is 6.92. The van der Waals surface area contributed by atoms with Crippen LogP contribution in [0.25, 0.3) is 0 Å². The largest absolute Gasteiger partial charge is 0.391 e. The average Bonchev–Trinajstić information content (AvgIpc) is 2.57. The first-order chi connectivity index (χ1) is 12.5. The monoisotopic (exact) mass is 394 g/mol. The molecule has 1 aliphatic heterocycles. The highest BCUT2D eigenvalue weighted by Crippen LogP contribution is 2.34.